The van der Waals surface area contributed by atoms with Crippen molar-refractivity contribution in [2.45, 2.75) is 96.0 Å². The monoisotopic (exact) mass is 481 g/mol. The number of aliphatic carboxylic acids is 1. The Morgan fingerprint density at radius 1 is 1.03 bits per heavy atom. The Labute approximate surface area is 206 Å². The van der Waals surface area contributed by atoms with E-state index in [1.807, 2.05) is 29.2 Å². The summed E-state index contributed by atoms with van der Waals surface area (Å²) >= 11 is 0. The number of piperidine rings is 2. The molecule has 3 aliphatic rings. The molecule has 1 N–H and O–H groups in total. The first-order chi connectivity index (χ1) is 17.0. The van der Waals surface area contributed by atoms with Crippen LogP contribution in [0.2, 0.25) is 0 Å². The van der Waals surface area contributed by atoms with Gasteiger partial charge in [-0.25, -0.2) is 4.39 Å². The van der Waals surface area contributed by atoms with Gasteiger partial charge in [0.15, 0.2) is 0 Å². The average molecular weight is 482 g/mol. The van der Waals surface area contributed by atoms with Crippen LogP contribution in [0.3, 0.4) is 0 Å². The van der Waals surface area contributed by atoms with Crippen molar-refractivity contribution in [3.63, 3.8) is 0 Å². The molecule has 35 heavy (non-hydrogen) atoms. The molecule has 5 nitrogen and oxygen atoms in total. The zero-order valence-corrected chi connectivity index (χ0v) is 20.5. The van der Waals surface area contributed by atoms with Gasteiger partial charge in [0.1, 0.15) is 12.4 Å². The highest BCUT2D eigenvalue weighted by molar-refractivity contribution is 6.00. The van der Waals surface area contributed by atoms with Crippen molar-refractivity contribution < 1.29 is 23.8 Å². The number of carbonyl (C=O) groups is 2. The fourth-order valence-corrected chi connectivity index (χ4v) is 6.66. The summed E-state index contributed by atoms with van der Waals surface area (Å²) < 4.78 is 20.5. The molecule has 2 aromatic rings. The van der Waals surface area contributed by atoms with E-state index in [4.69, 9.17) is 4.74 Å². The second kappa shape index (κ2) is 10.2. The predicted molar refractivity (Wildman–Crippen MR) is 133 cm³/mol. The second-order valence-electron chi connectivity index (χ2n) is 10.7. The molecule has 0 aromatic heterocycles. The van der Waals surface area contributed by atoms with Crippen LogP contribution in [-0.2, 0) is 11.5 Å². The molecule has 2 bridgehead atoms. The van der Waals surface area contributed by atoms with Gasteiger partial charge in [-0.2, -0.15) is 0 Å². The zero-order valence-electron chi connectivity index (χ0n) is 20.5. The van der Waals surface area contributed by atoms with Crippen LogP contribution in [0, 0.1) is 11.8 Å². The smallest absolute Gasteiger partial charge is 0.306 e. The molecule has 5 rings (SSSR count). The maximum atomic E-state index is 14.2. The quantitative estimate of drug-likeness (QED) is 0.510. The molecule has 2 unspecified atom stereocenters. The lowest BCUT2D eigenvalue weighted by atomic mass is 9.78. The summed E-state index contributed by atoms with van der Waals surface area (Å²) in [5.74, 6) is 0.227. The van der Waals surface area contributed by atoms with Crippen LogP contribution in [0.25, 0.3) is 10.8 Å². The van der Waals surface area contributed by atoms with Gasteiger partial charge in [-0.1, -0.05) is 25.5 Å². The number of nitrogens with zero attached hydrogens (tertiary/aromatic N) is 1. The maximum Gasteiger partial charge on any atom is 0.306 e. The fourth-order valence-electron chi connectivity index (χ4n) is 6.66. The SMILES string of the molecule is CC[C@H]1CC[C@@H](Oc2ccc3cc(C(=O)N4C5CCCC4CC(C(=O)O)C5)ccc3c2CF)CC1. The highest BCUT2D eigenvalue weighted by Crippen LogP contribution is 2.39. The molecule has 1 amide bonds. The number of benzene rings is 2. The summed E-state index contributed by atoms with van der Waals surface area (Å²) in [7, 11) is 0. The number of fused-ring (bicyclic) bond motifs is 3. The fraction of sp³-hybridized carbons (Fsp3) is 0.586. The van der Waals surface area contributed by atoms with Gasteiger partial charge in [-0.15, -0.1) is 0 Å². The first-order valence-electron chi connectivity index (χ1n) is 13.3. The highest BCUT2D eigenvalue weighted by atomic mass is 19.1. The largest absolute Gasteiger partial charge is 0.490 e. The number of rotatable bonds is 6. The first-order valence-corrected chi connectivity index (χ1v) is 13.3. The Morgan fingerprint density at radius 2 is 1.74 bits per heavy atom. The molecule has 188 valence electrons. The van der Waals surface area contributed by atoms with Gasteiger partial charge in [-0.3, -0.25) is 9.59 Å². The van der Waals surface area contributed by atoms with Crippen LogP contribution >= 0.6 is 0 Å². The predicted octanol–water partition coefficient (Wildman–Crippen LogP) is 6.51. The minimum Gasteiger partial charge on any atom is -0.490 e. The average Bonchev–Trinajstić information content (AvgIpc) is 2.87. The summed E-state index contributed by atoms with van der Waals surface area (Å²) in [6, 6.07) is 9.22. The molecule has 3 fully saturated rings. The molecule has 2 heterocycles. The highest BCUT2D eigenvalue weighted by Gasteiger charge is 2.43. The van der Waals surface area contributed by atoms with Crippen molar-refractivity contribution in [3.8, 4) is 5.75 Å². The number of halogens is 1. The molecule has 1 aliphatic carbocycles. The Morgan fingerprint density at radius 3 is 2.37 bits per heavy atom. The number of ether oxygens (including phenoxy) is 1. The third-order valence-corrected chi connectivity index (χ3v) is 8.69. The minimum atomic E-state index is -0.755. The van der Waals surface area contributed by atoms with E-state index in [2.05, 4.69) is 6.92 Å². The third kappa shape index (κ3) is 4.76. The Bertz CT molecular complexity index is 1080. The van der Waals surface area contributed by atoms with Crippen LogP contribution in [-0.4, -0.2) is 40.1 Å². The van der Waals surface area contributed by atoms with E-state index in [9.17, 15) is 19.1 Å². The van der Waals surface area contributed by atoms with E-state index in [0.717, 1.165) is 61.6 Å². The summed E-state index contributed by atoms with van der Waals surface area (Å²) in [6.45, 7) is 1.62. The standard InChI is InChI=1S/C29H36FNO4/c1-2-18-6-10-24(11-7-18)35-27-13-9-19-14-20(8-12-25(19)26(27)17-30)28(32)31-22-4-3-5-23(31)16-21(15-22)29(33)34/h8-9,12-14,18,21-24H,2-7,10-11,15-17H2,1H3,(H,33,34)/t18-,21?,22?,23?,24+. The van der Waals surface area contributed by atoms with Gasteiger partial charge in [0.25, 0.3) is 5.91 Å². The maximum absolute atomic E-state index is 14.2. The van der Waals surface area contributed by atoms with Crippen molar-refractivity contribution in [2.24, 2.45) is 11.8 Å². The Kier molecular flexibility index (Phi) is 6.99. The molecule has 2 aromatic carbocycles. The van der Waals surface area contributed by atoms with Gasteiger partial charge in [0.2, 0.25) is 0 Å². The lowest BCUT2D eigenvalue weighted by Crippen LogP contribution is -2.55. The second-order valence-corrected chi connectivity index (χ2v) is 10.7. The molecule has 0 spiro atoms. The molecular weight excluding hydrogens is 445 g/mol. The summed E-state index contributed by atoms with van der Waals surface area (Å²) in [6.07, 6.45) is 9.48. The van der Waals surface area contributed by atoms with Crippen LogP contribution in [0.4, 0.5) is 4.39 Å². The van der Waals surface area contributed by atoms with Crippen LogP contribution in [0.15, 0.2) is 30.3 Å². The summed E-state index contributed by atoms with van der Waals surface area (Å²) in [5.41, 5.74) is 1.14. The van der Waals surface area contributed by atoms with E-state index in [1.165, 1.54) is 6.42 Å². The number of carboxylic acid groups (broad SMARTS) is 1. The van der Waals surface area contributed by atoms with E-state index in [1.54, 1.807) is 6.07 Å². The number of hydrogen-bond acceptors (Lipinski definition) is 3. The molecule has 2 aliphatic heterocycles. The van der Waals surface area contributed by atoms with Crippen LogP contribution in [0.1, 0.15) is 87.1 Å². The zero-order chi connectivity index (χ0) is 24.5. The molecule has 0 radical (unpaired) electrons. The number of carboxylic acids is 1. The Balaban J connectivity index is 1.36. The minimum absolute atomic E-state index is 0.0215. The Hall–Kier alpha value is -2.63. The normalized spacial score (nSPS) is 28.6. The first kappa shape index (κ1) is 24.1. The van der Waals surface area contributed by atoms with Gasteiger partial charge in [-0.05, 0) is 92.7 Å². The van der Waals surface area contributed by atoms with Gasteiger partial charge >= 0.3 is 5.97 Å². The van der Waals surface area contributed by atoms with Crippen molar-refractivity contribution in [3.05, 3.63) is 41.5 Å². The number of carbonyl (C=O) groups excluding carboxylic acids is 1. The number of amides is 1. The number of hydrogen-bond donors (Lipinski definition) is 1. The van der Waals surface area contributed by atoms with Crippen LogP contribution < -0.4 is 4.74 Å². The number of alkyl halides is 1. The van der Waals surface area contributed by atoms with E-state index in [-0.39, 0.29) is 30.0 Å². The van der Waals surface area contributed by atoms with Crippen molar-refractivity contribution in [2.75, 3.05) is 0 Å². The molecule has 2 atom stereocenters. The van der Waals surface area contributed by atoms with Gasteiger partial charge < -0.3 is 14.7 Å². The summed E-state index contributed by atoms with van der Waals surface area (Å²) in [5, 5.41) is 11.1. The lowest BCUT2D eigenvalue weighted by Gasteiger charge is -2.48. The molecule has 1 saturated carbocycles. The third-order valence-electron chi connectivity index (χ3n) is 8.69. The van der Waals surface area contributed by atoms with Gasteiger partial charge in [0, 0.05) is 23.2 Å². The van der Waals surface area contributed by atoms with Crippen molar-refractivity contribution >= 4 is 22.6 Å². The molecular formula is C29H36FNO4. The van der Waals surface area contributed by atoms with Crippen LogP contribution in [0.5, 0.6) is 5.75 Å². The molecule has 6 heteroatoms. The van der Waals surface area contributed by atoms with Crippen molar-refractivity contribution in [1.82, 2.24) is 4.90 Å². The van der Waals surface area contributed by atoms with Gasteiger partial charge in [0.05, 0.1) is 12.0 Å². The summed E-state index contributed by atoms with van der Waals surface area (Å²) in [4.78, 5) is 27.1. The van der Waals surface area contributed by atoms with Crippen molar-refractivity contribution in [1.29, 1.82) is 0 Å². The lowest BCUT2D eigenvalue weighted by molar-refractivity contribution is -0.145. The van der Waals surface area contributed by atoms with E-state index in [0.29, 0.717) is 29.7 Å². The van der Waals surface area contributed by atoms with E-state index >= 15 is 0 Å². The molecule has 2 saturated heterocycles. The topological polar surface area (TPSA) is 66.8 Å². The van der Waals surface area contributed by atoms with E-state index < -0.39 is 12.6 Å².